The molecular weight excluding hydrogens is 412 g/mol. The maximum absolute atomic E-state index is 13.0. The summed E-state index contributed by atoms with van der Waals surface area (Å²) in [4.78, 5) is 27.5. The van der Waals surface area contributed by atoms with E-state index in [0.29, 0.717) is 19.5 Å². The quantitative estimate of drug-likeness (QED) is 0.618. The maximum Gasteiger partial charge on any atom is 0.243 e. The van der Waals surface area contributed by atoms with Crippen molar-refractivity contribution >= 4 is 11.8 Å². The molecule has 1 fully saturated rings. The van der Waals surface area contributed by atoms with Crippen molar-refractivity contribution in [2.45, 2.75) is 52.7 Å². The van der Waals surface area contributed by atoms with Crippen LogP contribution in [0.5, 0.6) is 0 Å². The zero-order valence-corrected chi connectivity index (χ0v) is 19.6. The number of benzene rings is 2. The highest BCUT2D eigenvalue weighted by molar-refractivity contribution is 5.90. The largest absolute Gasteiger partial charge is 0.350 e. The molecule has 0 bridgehead atoms. The van der Waals surface area contributed by atoms with E-state index in [1.807, 2.05) is 55.9 Å². The second-order valence-corrected chi connectivity index (χ2v) is 9.68. The Labute approximate surface area is 195 Å². The molecule has 1 N–H and O–H groups in total. The normalized spacial score (nSPS) is 16.1. The first-order valence-corrected chi connectivity index (χ1v) is 11.6. The molecule has 172 valence electrons. The number of likely N-dealkylation sites (tertiary alicyclic amines) is 1. The van der Waals surface area contributed by atoms with Crippen LogP contribution in [0.1, 0.15) is 44.7 Å². The monoisotopic (exact) mass is 444 g/mol. The highest BCUT2D eigenvalue weighted by Gasteiger charge is 2.38. The first-order chi connectivity index (χ1) is 15.8. The van der Waals surface area contributed by atoms with Gasteiger partial charge in [-0.3, -0.25) is 14.3 Å². The Balaban J connectivity index is 1.44. The van der Waals surface area contributed by atoms with Gasteiger partial charge in [-0.15, -0.1) is 0 Å². The summed E-state index contributed by atoms with van der Waals surface area (Å²) in [7, 11) is 0. The van der Waals surface area contributed by atoms with Crippen molar-refractivity contribution in [2.24, 2.45) is 5.41 Å². The number of carbonyl (C=O) groups excluding carboxylic acids is 2. The van der Waals surface area contributed by atoms with E-state index in [9.17, 15) is 9.59 Å². The number of hydrogen-bond acceptors (Lipinski definition) is 3. The number of rotatable bonds is 6. The van der Waals surface area contributed by atoms with Crippen molar-refractivity contribution in [2.75, 3.05) is 6.54 Å². The van der Waals surface area contributed by atoms with Gasteiger partial charge in [-0.1, -0.05) is 69.3 Å². The number of aromatic nitrogens is 2. The summed E-state index contributed by atoms with van der Waals surface area (Å²) in [5.41, 5.74) is 3.95. The van der Waals surface area contributed by atoms with Gasteiger partial charge in [-0.05, 0) is 41.2 Å². The van der Waals surface area contributed by atoms with Crippen molar-refractivity contribution in [1.29, 1.82) is 0 Å². The van der Waals surface area contributed by atoms with Crippen LogP contribution in [-0.4, -0.2) is 39.1 Å². The fourth-order valence-corrected chi connectivity index (χ4v) is 4.34. The molecule has 1 atom stereocenters. The number of amides is 2. The predicted molar refractivity (Wildman–Crippen MR) is 129 cm³/mol. The number of nitrogens with zero attached hydrogens (tertiary/aromatic N) is 3. The molecule has 2 heterocycles. The van der Waals surface area contributed by atoms with Crippen LogP contribution < -0.4 is 5.32 Å². The van der Waals surface area contributed by atoms with E-state index in [4.69, 9.17) is 0 Å². The van der Waals surface area contributed by atoms with Gasteiger partial charge < -0.3 is 10.2 Å². The highest BCUT2D eigenvalue weighted by atomic mass is 16.2. The molecule has 1 unspecified atom stereocenters. The third kappa shape index (κ3) is 5.33. The number of carbonyl (C=O) groups is 2. The van der Waals surface area contributed by atoms with Gasteiger partial charge in [0.1, 0.15) is 6.04 Å². The second-order valence-electron chi connectivity index (χ2n) is 9.68. The lowest BCUT2D eigenvalue weighted by Gasteiger charge is -2.30. The lowest BCUT2D eigenvalue weighted by Crippen LogP contribution is -2.49. The molecule has 1 aromatic heterocycles. The highest BCUT2D eigenvalue weighted by Crippen LogP contribution is 2.27. The van der Waals surface area contributed by atoms with Crippen molar-refractivity contribution in [3.63, 3.8) is 0 Å². The predicted octanol–water partition coefficient (Wildman–Crippen LogP) is 4.25. The topological polar surface area (TPSA) is 67.2 Å². The first-order valence-electron chi connectivity index (χ1n) is 11.6. The SMILES string of the molecule is CC(C)(C)C(=O)N1CCCC1C(=O)NCc1ccccc1-c1ccc(Cn2cccn2)cc1. The molecule has 1 aliphatic heterocycles. The van der Waals surface area contributed by atoms with Gasteiger partial charge in [0.2, 0.25) is 11.8 Å². The number of hydrogen-bond donors (Lipinski definition) is 1. The first kappa shape index (κ1) is 22.8. The summed E-state index contributed by atoms with van der Waals surface area (Å²) in [5.74, 6) is -0.0368. The minimum absolute atomic E-state index is 0.0377. The van der Waals surface area contributed by atoms with E-state index in [1.165, 1.54) is 5.56 Å². The lowest BCUT2D eigenvalue weighted by molar-refractivity contribution is -0.144. The van der Waals surface area contributed by atoms with Crippen LogP contribution in [0.25, 0.3) is 11.1 Å². The summed E-state index contributed by atoms with van der Waals surface area (Å²) in [6.45, 7) is 7.52. The van der Waals surface area contributed by atoms with Gasteiger partial charge >= 0.3 is 0 Å². The summed E-state index contributed by atoms with van der Waals surface area (Å²) in [6.07, 6.45) is 5.31. The van der Waals surface area contributed by atoms with E-state index in [2.05, 4.69) is 40.7 Å². The molecule has 6 nitrogen and oxygen atoms in total. The van der Waals surface area contributed by atoms with Gasteiger partial charge in [0.25, 0.3) is 0 Å². The van der Waals surface area contributed by atoms with E-state index < -0.39 is 5.41 Å². The van der Waals surface area contributed by atoms with Crippen LogP contribution in [0.4, 0.5) is 0 Å². The van der Waals surface area contributed by atoms with Crippen LogP contribution in [0.3, 0.4) is 0 Å². The average Bonchev–Trinajstić information content (AvgIpc) is 3.49. The second kappa shape index (κ2) is 9.61. The fraction of sp³-hybridized carbons (Fsp3) is 0.370. The molecule has 0 saturated carbocycles. The van der Waals surface area contributed by atoms with Crippen LogP contribution in [0.2, 0.25) is 0 Å². The molecule has 33 heavy (non-hydrogen) atoms. The van der Waals surface area contributed by atoms with Crippen molar-refractivity contribution in [3.05, 3.63) is 78.1 Å². The molecule has 2 aromatic carbocycles. The Morgan fingerprint density at radius 1 is 1.06 bits per heavy atom. The zero-order chi connectivity index (χ0) is 23.4. The van der Waals surface area contributed by atoms with Gasteiger partial charge in [0.15, 0.2) is 0 Å². The Morgan fingerprint density at radius 3 is 2.52 bits per heavy atom. The molecule has 2 amide bonds. The Kier molecular flexibility index (Phi) is 6.63. The maximum atomic E-state index is 13.0. The van der Waals surface area contributed by atoms with Gasteiger partial charge in [-0.25, -0.2) is 0 Å². The molecule has 1 aliphatic rings. The summed E-state index contributed by atoms with van der Waals surface area (Å²) in [6, 6.07) is 18.1. The van der Waals surface area contributed by atoms with Crippen LogP contribution in [0, 0.1) is 5.41 Å². The van der Waals surface area contributed by atoms with Gasteiger partial charge in [0, 0.05) is 30.9 Å². The average molecular weight is 445 g/mol. The van der Waals surface area contributed by atoms with Crippen LogP contribution in [-0.2, 0) is 22.7 Å². The molecule has 1 saturated heterocycles. The van der Waals surface area contributed by atoms with E-state index in [0.717, 1.165) is 29.7 Å². The zero-order valence-electron chi connectivity index (χ0n) is 19.6. The third-order valence-corrected chi connectivity index (χ3v) is 6.10. The Hall–Kier alpha value is -3.41. The number of nitrogens with one attached hydrogen (secondary N) is 1. The molecule has 4 rings (SSSR count). The molecule has 6 heteroatoms. The van der Waals surface area contributed by atoms with Gasteiger partial charge in [0.05, 0.1) is 6.54 Å². The molecule has 0 radical (unpaired) electrons. The van der Waals surface area contributed by atoms with Crippen molar-refractivity contribution in [1.82, 2.24) is 20.0 Å². The lowest BCUT2D eigenvalue weighted by atomic mass is 9.94. The van der Waals surface area contributed by atoms with Gasteiger partial charge in [-0.2, -0.15) is 5.10 Å². The van der Waals surface area contributed by atoms with Crippen LogP contribution >= 0.6 is 0 Å². The Bertz CT molecular complexity index is 1100. The smallest absolute Gasteiger partial charge is 0.243 e. The standard InChI is InChI=1S/C27H32N4O2/c1-27(2,3)26(33)31-17-6-10-24(31)25(32)28-18-22-8-4-5-9-23(22)21-13-11-20(12-14-21)19-30-16-7-15-29-30/h4-5,7-9,11-16,24H,6,10,17-19H2,1-3H3,(H,28,32). The van der Waals surface area contributed by atoms with Crippen LogP contribution in [0.15, 0.2) is 67.0 Å². The summed E-state index contributed by atoms with van der Waals surface area (Å²) in [5, 5.41) is 7.35. The minimum atomic E-state index is -0.487. The van der Waals surface area contributed by atoms with E-state index >= 15 is 0 Å². The molecule has 3 aromatic rings. The molecule has 0 aliphatic carbocycles. The molecule has 0 spiro atoms. The molecular formula is C27H32N4O2. The summed E-state index contributed by atoms with van der Waals surface area (Å²) < 4.78 is 1.90. The summed E-state index contributed by atoms with van der Waals surface area (Å²) >= 11 is 0. The van der Waals surface area contributed by atoms with Crippen molar-refractivity contribution < 1.29 is 9.59 Å². The minimum Gasteiger partial charge on any atom is -0.350 e. The van der Waals surface area contributed by atoms with E-state index in [-0.39, 0.29) is 17.9 Å². The Morgan fingerprint density at radius 2 is 1.82 bits per heavy atom. The van der Waals surface area contributed by atoms with E-state index in [1.54, 1.807) is 11.1 Å². The van der Waals surface area contributed by atoms with Crippen molar-refractivity contribution in [3.8, 4) is 11.1 Å². The third-order valence-electron chi connectivity index (χ3n) is 6.10. The fourth-order valence-electron chi connectivity index (χ4n) is 4.34.